The average Bonchev–Trinajstić information content (AvgIpc) is 2.78. The van der Waals surface area contributed by atoms with Crippen molar-refractivity contribution in [2.24, 2.45) is 5.73 Å². The summed E-state index contributed by atoms with van der Waals surface area (Å²) < 4.78 is 10.7. The molecule has 0 fully saturated rings. The van der Waals surface area contributed by atoms with Gasteiger partial charge in [0.15, 0.2) is 0 Å². The molecule has 0 unspecified atom stereocenters. The van der Waals surface area contributed by atoms with E-state index >= 15 is 0 Å². The van der Waals surface area contributed by atoms with Crippen LogP contribution in [0.1, 0.15) is 32.2 Å². The molecule has 0 saturated carbocycles. The molecule has 1 amide bonds. The number of carbonyl (C=O) groups excluding carboxylic acids is 1. The number of benzene rings is 1. The Morgan fingerprint density at radius 2 is 1.95 bits per heavy atom. The van der Waals surface area contributed by atoms with Crippen LogP contribution in [0.5, 0.6) is 5.75 Å². The Morgan fingerprint density at radius 3 is 2.45 bits per heavy atom. The van der Waals surface area contributed by atoms with Crippen LogP contribution in [0.4, 0.5) is 0 Å². The number of aryl methyl sites for hydroxylation is 1. The molecule has 1 aromatic heterocycles. The number of hydrogen-bond acceptors (Lipinski definition) is 4. The lowest BCUT2D eigenvalue weighted by atomic mass is 10.2. The number of carboxylic acids is 1. The Morgan fingerprint density at radius 1 is 1.30 bits per heavy atom. The largest absolute Gasteiger partial charge is 0.486 e. The first-order valence-corrected chi connectivity index (χ1v) is 5.82. The first-order valence-electron chi connectivity index (χ1n) is 5.82. The number of amides is 1. The topological polar surface area (TPSA) is 103 Å². The number of furan rings is 1. The van der Waals surface area contributed by atoms with Crippen LogP contribution in [0, 0.1) is 6.92 Å². The molecule has 0 atom stereocenters. The van der Waals surface area contributed by atoms with Crippen LogP contribution in [0.3, 0.4) is 0 Å². The normalized spacial score (nSPS) is 10.2. The van der Waals surface area contributed by atoms with Gasteiger partial charge in [0.05, 0.1) is 0 Å². The highest BCUT2D eigenvalue weighted by Crippen LogP contribution is 2.18. The summed E-state index contributed by atoms with van der Waals surface area (Å²) in [5, 5.41) is 8.90. The van der Waals surface area contributed by atoms with Crippen LogP contribution in [0.15, 0.2) is 34.7 Å². The first kappa shape index (κ1) is 13.7. The number of rotatable bonds is 5. The van der Waals surface area contributed by atoms with Gasteiger partial charge < -0.3 is 20.0 Å². The van der Waals surface area contributed by atoms with Crippen molar-refractivity contribution in [1.82, 2.24) is 0 Å². The number of carbonyl (C=O) groups is 2. The molecule has 0 aliphatic rings. The van der Waals surface area contributed by atoms with E-state index in [0.717, 1.165) is 0 Å². The molecule has 1 aromatic carbocycles. The zero-order chi connectivity index (χ0) is 14.7. The second-order valence-corrected chi connectivity index (χ2v) is 4.17. The van der Waals surface area contributed by atoms with Crippen LogP contribution in [0.2, 0.25) is 0 Å². The molecule has 3 N–H and O–H groups in total. The van der Waals surface area contributed by atoms with Crippen molar-refractivity contribution < 1.29 is 23.8 Å². The standard InChI is InChI=1S/C14H13NO5/c1-8-12(14(17)18)6-11(20-8)7-19-10-4-2-9(3-5-10)13(15)16/h2-6H,7H2,1H3,(H2,15,16)(H,17,18). The summed E-state index contributed by atoms with van der Waals surface area (Å²) in [6.07, 6.45) is 0. The molecule has 2 rings (SSSR count). The summed E-state index contributed by atoms with van der Waals surface area (Å²) in [4.78, 5) is 21.8. The van der Waals surface area contributed by atoms with E-state index in [1.165, 1.54) is 6.07 Å². The second-order valence-electron chi connectivity index (χ2n) is 4.17. The molecule has 0 aliphatic carbocycles. The smallest absolute Gasteiger partial charge is 0.339 e. The Balaban J connectivity index is 2.03. The predicted octanol–water partition coefficient (Wildman–Crippen LogP) is 1.96. The molecule has 0 aliphatic heterocycles. The fraction of sp³-hybridized carbons (Fsp3) is 0.143. The fourth-order valence-electron chi connectivity index (χ4n) is 1.70. The number of hydrogen-bond donors (Lipinski definition) is 2. The van der Waals surface area contributed by atoms with Gasteiger partial charge in [0.2, 0.25) is 5.91 Å². The van der Waals surface area contributed by atoms with Gasteiger partial charge in [0, 0.05) is 5.56 Å². The second kappa shape index (κ2) is 5.48. The molecular formula is C14H13NO5. The van der Waals surface area contributed by atoms with E-state index < -0.39 is 11.9 Å². The Hall–Kier alpha value is -2.76. The van der Waals surface area contributed by atoms with E-state index in [-0.39, 0.29) is 12.2 Å². The Bertz CT molecular complexity index is 642. The maximum Gasteiger partial charge on any atom is 0.339 e. The molecule has 104 valence electrons. The first-order chi connectivity index (χ1) is 9.47. The lowest BCUT2D eigenvalue weighted by Gasteiger charge is -2.04. The quantitative estimate of drug-likeness (QED) is 0.868. The molecule has 1 heterocycles. The summed E-state index contributed by atoms with van der Waals surface area (Å²) >= 11 is 0. The number of nitrogens with two attached hydrogens (primary N) is 1. The van der Waals surface area contributed by atoms with E-state index in [0.29, 0.717) is 22.8 Å². The maximum atomic E-state index is 10.9. The van der Waals surface area contributed by atoms with Crippen molar-refractivity contribution in [3.05, 3.63) is 53.0 Å². The molecular weight excluding hydrogens is 262 g/mol. The zero-order valence-corrected chi connectivity index (χ0v) is 10.8. The van der Waals surface area contributed by atoms with Crippen LogP contribution >= 0.6 is 0 Å². The Kier molecular flexibility index (Phi) is 3.74. The average molecular weight is 275 g/mol. The molecule has 6 nitrogen and oxygen atoms in total. The lowest BCUT2D eigenvalue weighted by molar-refractivity contribution is 0.0694. The maximum absolute atomic E-state index is 10.9. The molecule has 6 heteroatoms. The highest BCUT2D eigenvalue weighted by molar-refractivity contribution is 5.92. The third-order valence-electron chi connectivity index (χ3n) is 2.72. The van der Waals surface area contributed by atoms with Gasteiger partial charge in [-0.15, -0.1) is 0 Å². The third kappa shape index (κ3) is 2.97. The summed E-state index contributed by atoms with van der Waals surface area (Å²) in [7, 11) is 0. The van der Waals surface area contributed by atoms with Gasteiger partial charge >= 0.3 is 5.97 Å². The molecule has 20 heavy (non-hydrogen) atoms. The Labute approximate surface area is 114 Å². The zero-order valence-electron chi connectivity index (χ0n) is 10.8. The van der Waals surface area contributed by atoms with Gasteiger partial charge in [-0.1, -0.05) is 0 Å². The highest BCUT2D eigenvalue weighted by Gasteiger charge is 2.13. The minimum Gasteiger partial charge on any atom is -0.486 e. The summed E-state index contributed by atoms with van der Waals surface area (Å²) in [6.45, 7) is 1.68. The third-order valence-corrected chi connectivity index (χ3v) is 2.72. The number of ether oxygens (including phenoxy) is 1. The van der Waals surface area contributed by atoms with E-state index in [4.69, 9.17) is 20.0 Å². The SMILES string of the molecule is Cc1oc(COc2ccc(C(N)=O)cc2)cc1C(=O)O. The number of primary amides is 1. The van der Waals surface area contributed by atoms with Gasteiger partial charge in [-0.3, -0.25) is 4.79 Å². The van der Waals surface area contributed by atoms with Crippen molar-refractivity contribution in [2.75, 3.05) is 0 Å². The fourth-order valence-corrected chi connectivity index (χ4v) is 1.70. The molecule has 0 bridgehead atoms. The summed E-state index contributed by atoms with van der Waals surface area (Å²) in [5.74, 6) is -0.271. The van der Waals surface area contributed by atoms with Crippen molar-refractivity contribution in [3.63, 3.8) is 0 Å². The van der Waals surface area contributed by atoms with Crippen LogP contribution < -0.4 is 10.5 Å². The monoisotopic (exact) mass is 275 g/mol. The summed E-state index contributed by atoms with van der Waals surface area (Å²) in [6, 6.07) is 7.74. The van der Waals surface area contributed by atoms with Gasteiger partial charge in [-0.05, 0) is 37.3 Å². The van der Waals surface area contributed by atoms with Gasteiger partial charge in [0.25, 0.3) is 0 Å². The minimum absolute atomic E-state index is 0.101. The van der Waals surface area contributed by atoms with Crippen molar-refractivity contribution in [3.8, 4) is 5.75 Å². The minimum atomic E-state index is -1.04. The summed E-state index contributed by atoms with van der Waals surface area (Å²) in [5.41, 5.74) is 5.63. The lowest BCUT2D eigenvalue weighted by Crippen LogP contribution is -2.10. The van der Waals surface area contributed by atoms with E-state index in [9.17, 15) is 9.59 Å². The molecule has 0 saturated heterocycles. The number of carboxylic acid groups (broad SMARTS) is 1. The van der Waals surface area contributed by atoms with E-state index in [1.54, 1.807) is 31.2 Å². The molecule has 0 spiro atoms. The van der Waals surface area contributed by atoms with Crippen molar-refractivity contribution >= 4 is 11.9 Å². The van der Waals surface area contributed by atoms with Crippen LogP contribution in [-0.4, -0.2) is 17.0 Å². The van der Waals surface area contributed by atoms with E-state index in [1.807, 2.05) is 0 Å². The molecule has 0 radical (unpaired) electrons. The van der Waals surface area contributed by atoms with Crippen LogP contribution in [0.25, 0.3) is 0 Å². The predicted molar refractivity (Wildman–Crippen MR) is 69.7 cm³/mol. The number of aromatic carboxylic acids is 1. The highest BCUT2D eigenvalue weighted by atomic mass is 16.5. The van der Waals surface area contributed by atoms with Crippen molar-refractivity contribution in [2.45, 2.75) is 13.5 Å². The van der Waals surface area contributed by atoms with Gasteiger partial charge in [-0.25, -0.2) is 4.79 Å². The van der Waals surface area contributed by atoms with E-state index in [2.05, 4.69) is 0 Å². The van der Waals surface area contributed by atoms with Crippen molar-refractivity contribution in [1.29, 1.82) is 0 Å². The van der Waals surface area contributed by atoms with Gasteiger partial charge in [0.1, 0.15) is 29.4 Å². The van der Waals surface area contributed by atoms with Crippen LogP contribution in [-0.2, 0) is 6.61 Å². The molecule has 2 aromatic rings. The van der Waals surface area contributed by atoms with Gasteiger partial charge in [-0.2, -0.15) is 0 Å².